The molecule has 0 unspecified atom stereocenters. The molecule has 0 aliphatic carbocycles. The van der Waals surface area contributed by atoms with Gasteiger partial charge in [-0.15, -0.1) is 0 Å². The average Bonchev–Trinajstić information content (AvgIpc) is 2.22. The minimum atomic E-state index is -0.670. The second-order valence-electron chi connectivity index (χ2n) is 2.58. The molecule has 0 atom stereocenters. The molecule has 0 aliphatic rings. The number of rotatable bonds is 2. The molecule has 3 nitrogen and oxygen atoms in total. The maximum absolute atomic E-state index is 13.0. The first-order chi connectivity index (χ1) is 7.15. The van der Waals surface area contributed by atoms with E-state index in [1.807, 2.05) is 0 Å². The Kier molecular flexibility index (Phi) is 4.11. The van der Waals surface area contributed by atoms with E-state index in [0.29, 0.717) is 0 Å². The van der Waals surface area contributed by atoms with E-state index in [-0.39, 0.29) is 10.7 Å². The van der Waals surface area contributed by atoms with E-state index in [2.05, 4.69) is 15.8 Å². The Morgan fingerprint density at radius 3 is 2.53 bits per heavy atom. The lowest BCUT2D eigenvalue weighted by Gasteiger charge is -2.00. The van der Waals surface area contributed by atoms with Crippen molar-refractivity contribution in [3.8, 4) is 0 Å². The van der Waals surface area contributed by atoms with Crippen LogP contribution in [-0.4, -0.2) is 18.4 Å². The molecule has 0 spiro atoms. The fraction of sp³-hybridized carbons (Fsp3) is 0.111. The first kappa shape index (κ1) is 11.5. The molecular weight excluding hydrogens is 220 g/mol. The third-order valence-electron chi connectivity index (χ3n) is 1.59. The first-order valence-electron chi connectivity index (χ1n) is 4.10. The van der Waals surface area contributed by atoms with Gasteiger partial charge >= 0.3 is 0 Å². The van der Waals surface area contributed by atoms with Crippen molar-refractivity contribution in [1.29, 1.82) is 0 Å². The molecular formula is C9H9F2N3S. The second kappa shape index (κ2) is 5.35. The smallest absolute Gasteiger partial charge is 0.186 e. The van der Waals surface area contributed by atoms with Crippen LogP contribution in [-0.2, 0) is 0 Å². The molecule has 15 heavy (non-hydrogen) atoms. The van der Waals surface area contributed by atoms with Gasteiger partial charge < -0.3 is 5.32 Å². The van der Waals surface area contributed by atoms with Crippen molar-refractivity contribution in [3.63, 3.8) is 0 Å². The number of thiocarbonyl (C=S) groups is 1. The van der Waals surface area contributed by atoms with Gasteiger partial charge in [0.05, 0.1) is 11.8 Å². The third kappa shape index (κ3) is 3.25. The summed E-state index contributed by atoms with van der Waals surface area (Å²) in [7, 11) is 1.61. The molecule has 1 aromatic carbocycles. The summed E-state index contributed by atoms with van der Waals surface area (Å²) in [4.78, 5) is 0. The van der Waals surface area contributed by atoms with E-state index < -0.39 is 11.6 Å². The summed E-state index contributed by atoms with van der Waals surface area (Å²) in [5.41, 5.74) is 2.19. The summed E-state index contributed by atoms with van der Waals surface area (Å²) in [6.45, 7) is 0. The number of nitrogens with one attached hydrogen (secondary N) is 2. The SMILES string of the molecule is CNC(=S)NN=Cc1c(F)cccc1F. The highest BCUT2D eigenvalue weighted by molar-refractivity contribution is 7.80. The van der Waals surface area contributed by atoms with E-state index in [1.54, 1.807) is 7.05 Å². The zero-order chi connectivity index (χ0) is 11.3. The van der Waals surface area contributed by atoms with Crippen LogP contribution >= 0.6 is 12.2 Å². The lowest BCUT2D eigenvalue weighted by Crippen LogP contribution is -2.28. The number of halogens is 2. The van der Waals surface area contributed by atoms with Crippen LogP contribution in [0.3, 0.4) is 0 Å². The molecule has 6 heteroatoms. The zero-order valence-corrected chi connectivity index (χ0v) is 8.74. The van der Waals surface area contributed by atoms with Crippen LogP contribution in [0.5, 0.6) is 0 Å². The zero-order valence-electron chi connectivity index (χ0n) is 7.92. The number of hydrogen-bond acceptors (Lipinski definition) is 2. The van der Waals surface area contributed by atoms with Crippen LogP contribution in [0.4, 0.5) is 8.78 Å². The Balaban J connectivity index is 2.76. The monoisotopic (exact) mass is 229 g/mol. The third-order valence-corrected chi connectivity index (χ3v) is 1.88. The summed E-state index contributed by atoms with van der Waals surface area (Å²) in [6.07, 6.45) is 1.04. The Morgan fingerprint density at radius 1 is 1.40 bits per heavy atom. The Hall–Kier alpha value is -1.56. The summed E-state index contributed by atoms with van der Waals surface area (Å²) in [5, 5.41) is 6.44. The quantitative estimate of drug-likeness (QED) is 0.457. The normalized spacial score (nSPS) is 10.3. The number of hydrazone groups is 1. The molecule has 1 rings (SSSR count). The predicted octanol–water partition coefficient (Wildman–Crippen LogP) is 1.39. The Bertz CT molecular complexity index is 373. The van der Waals surface area contributed by atoms with E-state index in [9.17, 15) is 8.78 Å². The van der Waals surface area contributed by atoms with Gasteiger partial charge in [-0.25, -0.2) is 8.78 Å². The maximum Gasteiger partial charge on any atom is 0.186 e. The summed E-state index contributed by atoms with van der Waals surface area (Å²) >= 11 is 4.71. The predicted molar refractivity (Wildman–Crippen MR) is 58.7 cm³/mol. The number of benzene rings is 1. The van der Waals surface area contributed by atoms with E-state index in [1.165, 1.54) is 6.07 Å². The van der Waals surface area contributed by atoms with E-state index in [4.69, 9.17) is 12.2 Å². The van der Waals surface area contributed by atoms with Crippen LogP contribution in [0.2, 0.25) is 0 Å². The molecule has 0 fully saturated rings. The van der Waals surface area contributed by atoms with Crippen molar-refractivity contribution in [2.75, 3.05) is 7.05 Å². The molecule has 0 aromatic heterocycles. The molecule has 0 heterocycles. The van der Waals surface area contributed by atoms with Gasteiger partial charge in [-0.3, -0.25) is 5.43 Å². The second-order valence-corrected chi connectivity index (χ2v) is 2.99. The highest BCUT2D eigenvalue weighted by Gasteiger charge is 2.04. The van der Waals surface area contributed by atoms with Gasteiger partial charge in [0.15, 0.2) is 5.11 Å². The highest BCUT2D eigenvalue weighted by atomic mass is 32.1. The first-order valence-corrected chi connectivity index (χ1v) is 4.50. The lowest BCUT2D eigenvalue weighted by molar-refractivity contribution is 0.580. The molecule has 0 bridgehead atoms. The van der Waals surface area contributed by atoms with Crippen molar-refractivity contribution in [2.24, 2.45) is 5.10 Å². The van der Waals surface area contributed by atoms with Crippen molar-refractivity contribution in [3.05, 3.63) is 35.4 Å². The Labute approximate surface area is 91.2 Å². The average molecular weight is 229 g/mol. The minimum Gasteiger partial charge on any atom is -0.364 e. The van der Waals surface area contributed by atoms with Gasteiger partial charge in [0, 0.05) is 7.05 Å². The van der Waals surface area contributed by atoms with Gasteiger partial charge in [-0.2, -0.15) is 5.10 Å². The molecule has 0 aliphatic heterocycles. The standard InChI is InChI=1S/C9H9F2N3S/c1-12-9(15)14-13-5-6-7(10)3-2-4-8(6)11/h2-5H,1H3,(H2,12,14,15). The molecule has 0 saturated heterocycles. The van der Waals surface area contributed by atoms with Crippen molar-refractivity contribution in [2.45, 2.75) is 0 Å². The molecule has 2 N–H and O–H groups in total. The van der Waals surface area contributed by atoms with Crippen LogP contribution in [0.25, 0.3) is 0 Å². The fourth-order valence-electron chi connectivity index (χ4n) is 0.845. The van der Waals surface area contributed by atoms with Crippen LogP contribution in [0, 0.1) is 11.6 Å². The lowest BCUT2D eigenvalue weighted by atomic mass is 10.2. The molecule has 1 aromatic rings. The van der Waals surface area contributed by atoms with Gasteiger partial charge in [0.25, 0.3) is 0 Å². The number of hydrogen-bond donors (Lipinski definition) is 2. The molecule has 80 valence electrons. The fourth-order valence-corrected chi connectivity index (χ4v) is 0.898. The van der Waals surface area contributed by atoms with Crippen LogP contribution in [0.1, 0.15) is 5.56 Å². The largest absolute Gasteiger partial charge is 0.364 e. The van der Waals surface area contributed by atoms with Gasteiger partial charge in [0.2, 0.25) is 0 Å². The van der Waals surface area contributed by atoms with Gasteiger partial charge in [-0.05, 0) is 24.4 Å². The van der Waals surface area contributed by atoms with E-state index in [0.717, 1.165) is 18.3 Å². The van der Waals surface area contributed by atoms with Gasteiger partial charge in [0.1, 0.15) is 11.6 Å². The number of nitrogens with zero attached hydrogens (tertiary/aromatic N) is 1. The topological polar surface area (TPSA) is 36.4 Å². The van der Waals surface area contributed by atoms with Crippen molar-refractivity contribution >= 4 is 23.5 Å². The van der Waals surface area contributed by atoms with Crippen molar-refractivity contribution in [1.82, 2.24) is 10.7 Å². The van der Waals surface area contributed by atoms with Crippen molar-refractivity contribution < 1.29 is 8.78 Å². The van der Waals surface area contributed by atoms with E-state index >= 15 is 0 Å². The maximum atomic E-state index is 13.0. The van der Waals surface area contributed by atoms with Crippen LogP contribution in [0.15, 0.2) is 23.3 Å². The molecule has 0 radical (unpaired) electrons. The molecule has 0 saturated carbocycles. The summed E-state index contributed by atoms with van der Waals surface area (Å²) in [5.74, 6) is -1.34. The summed E-state index contributed by atoms with van der Waals surface area (Å²) in [6, 6.07) is 3.59. The van der Waals surface area contributed by atoms with Gasteiger partial charge in [-0.1, -0.05) is 6.07 Å². The highest BCUT2D eigenvalue weighted by Crippen LogP contribution is 2.08. The minimum absolute atomic E-state index is 0.205. The summed E-state index contributed by atoms with van der Waals surface area (Å²) < 4.78 is 26.1. The van der Waals surface area contributed by atoms with Crippen LogP contribution < -0.4 is 10.7 Å². The Morgan fingerprint density at radius 2 is 2.00 bits per heavy atom. The molecule has 0 amide bonds.